The molecule has 1 aromatic carbocycles. The Morgan fingerprint density at radius 2 is 2.22 bits per heavy atom. The first kappa shape index (κ1) is 12.5. The second-order valence-corrected chi connectivity index (χ2v) is 6.95. The molecule has 5 heteroatoms. The van der Waals surface area contributed by atoms with Gasteiger partial charge in [0.05, 0.1) is 5.69 Å². The second kappa shape index (κ2) is 4.83. The van der Waals surface area contributed by atoms with E-state index in [2.05, 4.69) is 27.0 Å². The third-order valence-corrected chi connectivity index (χ3v) is 4.95. The van der Waals surface area contributed by atoms with Crippen LogP contribution in [0.5, 0.6) is 0 Å². The number of nitrogen functional groups attached to an aromatic ring is 1. The van der Waals surface area contributed by atoms with Crippen LogP contribution in [-0.4, -0.2) is 4.98 Å². The highest BCUT2D eigenvalue weighted by Gasteiger charge is 2.29. The summed E-state index contributed by atoms with van der Waals surface area (Å²) in [5.74, 6) is 0.639. The van der Waals surface area contributed by atoms with Crippen molar-refractivity contribution in [2.45, 2.75) is 25.2 Å². The van der Waals surface area contributed by atoms with Crippen molar-refractivity contribution < 1.29 is 0 Å². The Labute approximate surface area is 123 Å². The Morgan fingerprint density at radius 3 is 2.89 bits per heavy atom. The van der Waals surface area contributed by atoms with Crippen LogP contribution >= 0.6 is 38.9 Å². The van der Waals surface area contributed by atoms with Crippen LogP contribution in [-0.2, 0) is 6.42 Å². The van der Waals surface area contributed by atoms with Crippen LogP contribution < -0.4 is 5.73 Å². The van der Waals surface area contributed by atoms with E-state index in [4.69, 9.17) is 17.3 Å². The lowest BCUT2D eigenvalue weighted by Crippen LogP contribution is -1.92. The van der Waals surface area contributed by atoms with Gasteiger partial charge in [-0.05, 0) is 30.5 Å². The Hall–Kier alpha value is -0.580. The molecule has 0 bridgehead atoms. The molecule has 0 unspecified atom stereocenters. The zero-order chi connectivity index (χ0) is 12.7. The summed E-state index contributed by atoms with van der Waals surface area (Å²) >= 11 is 11.1. The predicted molar refractivity (Wildman–Crippen MR) is 80.5 cm³/mol. The van der Waals surface area contributed by atoms with E-state index in [0.29, 0.717) is 11.0 Å². The minimum Gasteiger partial charge on any atom is -0.375 e. The average Bonchev–Trinajstić information content (AvgIpc) is 3.08. The first-order valence-corrected chi connectivity index (χ1v) is 7.81. The van der Waals surface area contributed by atoms with Gasteiger partial charge in [-0.2, -0.15) is 0 Å². The minimum absolute atomic E-state index is 0.639. The molecule has 0 saturated heterocycles. The van der Waals surface area contributed by atoms with Crippen LogP contribution in [0.2, 0.25) is 5.02 Å². The van der Waals surface area contributed by atoms with Gasteiger partial charge in [-0.1, -0.05) is 33.6 Å². The summed E-state index contributed by atoms with van der Waals surface area (Å²) < 4.78 is 1.05. The number of hydrogen-bond donors (Lipinski definition) is 1. The molecule has 1 aliphatic carbocycles. The van der Waals surface area contributed by atoms with Gasteiger partial charge in [-0.15, -0.1) is 11.3 Å². The number of thiazole rings is 1. The number of nitrogens with zero attached hydrogens (tertiary/aromatic N) is 1. The average molecular weight is 344 g/mol. The fraction of sp³-hybridized carbons (Fsp3) is 0.308. The molecular weight excluding hydrogens is 332 g/mol. The van der Waals surface area contributed by atoms with Crippen molar-refractivity contribution in [3.05, 3.63) is 43.8 Å². The molecule has 3 rings (SSSR count). The maximum absolute atomic E-state index is 5.96. The molecule has 18 heavy (non-hydrogen) atoms. The summed E-state index contributed by atoms with van der Waals surface area (Å²) in [6, 6.07) is 5.90. The van der Waals surface area contributed by atoms with Gasteiger partial charge in [0.2, 0.25) is 0 Å². The van der Waals surface area contributed by atoms with Crippen molar-refractivity contribution in [3.8, 4) is 0 Å². The van der Waals surface area contributed by atoms with Crippen LogP contribution in [0.4, 0.5) is 5.13 Å². The first-order chi connectivity index (χ1) is 8.63. The number of aromatic nitrogens is 1. The lowest BCUT2D eigenvalue weighted by Gasteiger charge is -2.05. The summed E-state index contributed by atoms with van der Waals surface area (Å²) in [5.41, 5.74) is 8.27. The van der Waals surface area contributed by atoms with E-state index in [1.165, 1.54) is 29.0 Å². The molecule has 2 N–H and O–H groups in total. The Kier molecular flexibility index (Phi) is 3.34. The van der Waals surface area contributed by atoms with Crippen LogP contribution in [0, 0.1) is 0 Å². The lowest BCUT2D eigenvalue weighted by molar-refractivity contribution is 1.01. The zero-order valence-electron chi connectivity index (χ0n) is 9.62. The van der Waals surface area contributed by atoms with Gasteiger partial charge < -0.3 is 5.73 Å². The zero-order valence-corrected chi connectivity index (χ0v) is 12.8. The first-order valence-electron chi connectivity index (χ1n) is 5.82. The van der Waals surface area contributed by atoms with Gasteiger partial charge in [0.1, 0.15) is 0 Å². The molecule has 0 amide bonds. The van der Waals surface area contributed by atoms with E-state index in [1.54, 1.807) is 11.3 Å². The fourth-order valence-corrected chi connectivity index (χ4v) is 3.79. The third kappa shape index (κ3) is 2.56. The van der Waals surface area contributed by atoms with Crippen molar-refractivity contribution in [3.63, 3.8) is 0 Å². The molecule has 2 aromatic rings. The van der Waals surface area contributed by atoms with Crippen LogP contribution in [0.15, 0.2) is 22.7 Å². The smallest absolute Gasteiger partial charge is 0.180 e. The van der Waals surface area contributed by atoms with E-state index in [9.17, 15) is 0 Å². The number of nitrogens with two attached hydrogens (primary N) is 1. The van der Waals surface area contributed by atoms with Crippen molar-refractivity contribution in [1.29, 1.82) is 0 Å². The van der Waals surface area contributed by atoms with Gasteiger partial charge in [-0.3, -0.25) is 0 Å². The largest absolute Gasteiger partial charge is 0.375 e. The van der Waals surface area contributed by atoms with E-state index in [-0.39, 0.29) is 0 Å². The molecular formula is C13H12BrClN2S. The number of anilines is 1. The van der Waals surface area contributed by atoms with Crippen LogP contribution in [0.3, 0.4) is 0 Å². The molecule has 0 aliphatic heterocycles. The molecule has 0 spiro atoms. The van der Waals surface area contributed by atoms with E-state index >= 15 is 0 Å². The van der Waals surface area contributed by atoms with Crippen LogP contribution in [0.25, 0.3) is 0 Å². The molecule has 1 aliphatic rings. The highest BCUT2D eigenvalue weighted by molar-refractivity contribution is 9.10. The molecule has 0 atom stereocenters. The van der Waals surface area contributed by atoms with E-state index < -0.39 is 0 Å². The van der Waals surface area contributed by atoms with Crippen LogP contribution in [0.1, 0.15) is 34.9 Å². The molecule has 2 nitrogen and oxygen atoms in total. The van der Waals surface area contributed by atoms with Gasteiger partial charge in [0.15, 0.2) is 5.13 Å². The highest BCUT2D eigenvalue weighted by Crippen LogP contribution is 2.44. The minimum atomic E-state index is 0.639. The summed E-state index contributed by atoms with van der Waals surface area (Å²) in [6.07, 6.45) is 3.37. The Bertz CT molecular complexity index is 593. The summed E-state index contributed by atoms with van der Waals surface area (Å²) in [7, 11) is 0. The van der Waals surface area contributed by atoms with Gasteiger partial charge >= 0.3 is 0 Å². The number of hydrogen-bond acceptors (Lipinski definition) is 3. The third-order valence-electron chi connectivity index (χ3n) is 3.07. The lowest BCUT2D eigenvalue weighted by atomic mass is 10.1. The second-order valence-electron chi connectivity index (χ2n) is 4.55. The fourth-order valence-electron chi connectivity index (χ4n) is 2.02. The van der Waals surface area contributed by atoms with Gasteiger partial charge in [-0.25, -0.2) is 4.98 Å². The van der Waals surface area contributed by atoms with Crippen molar-refractivity contribution >= 4 is 44.0 Å². The molecule has 0 radical (unpaired) electrons. The number of halogens is 2. The molecule has 94 valence electrons. The number of rotatable bonds is 3. The van der Waals surface area contributed by atoms with Gasteiger partial charge in [0, 0.05) is 26.7 Å². The molecule has 1 fully saturated rings. The monoisotopic (exact) mass is 342 g/mol. The highest BCUT2D eigenvalue weighted by atomic mass is 79.9. The molecule has 1 heterocycles. The maximum Gasteiger partial charge on any atom is 0.180 e. The van der Waals surface area contributed by atoms with E-state index in [1.807, 2.05) is 12.1 Å². The summed E-state index contributed by atoms with van der Waals surface area (Å²) in [6.45, 7) is 0. The maximum atomic E-state index is 5.96. The van der Waals surface area contributed by atoms with Gasteiger partial charge in [0.25, 0.3) is 0 Å². The Balaban J connectivity index is 1.91. The topological polar surface area (TPSA) is 38.9 Å². The summed E-state index contributed by atoms with van der Waals surface area (Å²) in [5, 5.41) is 1.42. The van der Waals surface area contributed by atoms with Crippen molar-refractivity contribution in [2.75, 3.05) is 5.73 Å². The molecule has 1 aromatic heterocycles. The van der Waals surface area contributed by atoms with Crippen molar-refractivity contribution in [1.82, 2.24) is 4.98 Å². The standard InChI is InChI=1S/C13H12BrClN2S/c14-10-6-9(15)4-3-8(10)5-11-12(7-1-2-7)17-13(16)18-11/h3-4,6-7H,1-2,5H2,(H2,16,17). The Morgan fingerprint density at radius 1 is 1.44 bits per heavy atom. The normalized spacial score (nSPS) is 15.0. The SMILES string of the molecule is Nc1nc(C2CC2)c(Cc2ccc(Cl)cc2Br)s1. The van der Waals surface area contributed by atoms with Crippen molar-refractivity contribution in [2.24, 2.45) is 0 Å². The molecule has 1 saturated carbocycles. The number of benzene rings is 1. The quantitative estimate of drug-likeness (QED) is 0.884. The summed E-state index contributed by atoms with van der Waals surface area (Å²) in [4.78, 5) is 5.76. The predicted octanol–water partition coefficient (Wildman–Crippen LogP) is 4.61. The van der Waals surface area contributed by atoms with E-state index in [0.717, 1.165) is 15.9 Å².